The molecule has 0 saturated carbocycles. The molecule has 0 nitrogen and oxygen atoms in total. The standard InChI is InChI=1S/C16H14Br2/c1-11-7-13(10-16(18)8-11)3-4-14-5-6-15(17)9-12(14)2/h3-10H,1-2H3. The van der Waals surface area contributed by atoms with Gasteiger partial charge in [-0.1, -0.05) is 56.1 Å². The van der Waals surface area contributed by atoms with Gasteiger partial charge in [0.05, 0.1) is 0 Å². The molecule has 0 spiro atoms. The molecule has 0 aliphatic rings. The SMILES string of the molecule is Cc1cc(Br)cc(C=Cc2ccc(Br)cc2C)c1. The molecule has 0 fully saturated rings. The molecule has 0 unspecified atom stereocenters. The number of hydrogen-bond acceptors (Lipinski definition) is 0. The molecule has 0 bridgehead atoms. The summed E-state index contributed by atoms with van der Waals surface area (Å²) in [5.74, 6) is 0. The Morgan fingerprint density at radius 3 is 2.28 bits per heavy atom. The third-order valence-corrected chi connectivity index (χ3v) is 3.70. The molecule has 0 amide bonds. The zero-order chi connectivity index (χ0) is 13.1. The molecule has 0 aromatic heterocycles. The van der Waals surface area contributed by atoms with Crippen molar-refractivity contribution >= 4 is 44.0 Å². The lowest BCUT2D eigenvalue weighted by Crippen LogP contribution is -1.81. The van der Waals surface area contributed by atoms with E-state index in [1.807, 2.05) is 0 Å². The number of halogens is 2. The van der Waals surface area contributed by atoms with E-state index in [1.165, 1.54) is 22.3 Å². The van der Waals surface area contributed by atoms with Gasteiger partial charge in [0.15, 0.2) is 0 Å². The van der Waals surface area contributed by atoms with Crippen LogP contribution in [0.4, 0.5) is 0 Å². The van der Waals surface area contributed by atoms with Gasteiger partial charge in [0.2, 0.25) is 0 Å². The molecule has 0 N–H and O–H groups in total. The molecule has 0 aliphatic carbocycles. The molecule has 0 heterocycles. The van der Waals surface area contributed by atoms with Crippen LogP contribution in [0.5, 0.6) is 0 Å². The Hall–Kier alpha value is -0.860. The minimum Gasteiger partial charge on any atom is -0.0543 e. The van der Waals surface area contributed by atoms with Crippen LogP contribution in [0.1, 0.15) is 22.3 Å². The normalized spacial score (nSPS) is 11.1. The van der Waals surface area contributed by atoms with Crippen molar-refractivity contribution in [2.24, 2.45) is 0 Å². The van der Waals surface area contributed by atoms with Crippen molar-refractivity contribution in [1.82, 2.24) is 0 Å². The Morgan fingerprint density at radius 1 is 0.833 bits per heavy atom. The van der Waals surface area contributed by atoms with Crippen molar-refractivity contribution in [1.29, 1.82) is 0 Å². The van der Waals surface area contributed by atoms with Gasteiger partial charge in [-0.25, -0.2) is 0 Å². The largest absolute Gasteiger partial charge is 0.0543 e. The molecule has 92 valence electrons. The Kier molecular flexibility index (Phi) is 4.41. The molecule has 0 radical (unpaired) electrons. The van der Waals surface area contributed by atoms with Crippen molar-refractivity contribution < 1.29 is 0 Å². The van der Waals surface area contributed by atoms with Crippen LogP contribution in [0, 0.1) is 13.8 Å². The monoisotopic (exact) mass is 364 g/mol. The highest BCUT2D eigenvalue weighted by Gasteiger charge is 1.96. The van der Waals surface area contributed by atoms with Crippen LogP contribution in [0.15, 0.2) is 45.3 Å². The topological polar surface area (TPSA) is 0 Å². The molecule has 0 atom stereocenters. The van der Waals surface area contributed by atoms with Crippen molar-refractivity contribution in [2.45, 2.75) is 13.8 Å². The Bertz CT molecular complexity index is 578. The van der Waals surface area contributed by atoms with E-state index < -0.39 is 0 Å². The quantitative estimate of drug-likeness (QED) is 0.572. The van der Waals surface area contributed by atoms with E-state index in [1.54, 1.807) is 0 Å². The van der Waals surface area contributed by atoms with E-state index in [2.05, 4.69) is 94.3 Å². The van der Waals surface area contributed by atoms with Crippen molar-refractivity contribution in [2.75, 3.05) is 0 Å². The van der Waals surface area contributed by atoms with Crippen LogP contribution in [-0.4, -0.2) is 0 Å². The molecule has 2 rings (SSSR count). The van der Waals surface area contributed by atoms with Crippen molar-refractivity contribution in [3.63, 3.8) is 0 Å². The van der Waals surface area contributed by atoms with Crippen molar-refractivity contribution in [3.8, 4) is 0 Å². The zero-order valence-electron chi connectivity index (χ0n) is 10.4. The molecule has 0 saturated heterocycles. The van der Waals surface area contributed by atoms with Gasteiger partial charge in [-0.15, -0.1) is 0 Å². The fourth-order valence-electron chi connectivity index (χ4n) is 1.87. The lowest BCUT2D eigenvalue weighted by molar-refractivity contribution is 1.42. The third-order valence-electron chi connectivity index (χ3n) is 2.75. The van der Waals surface area contributed by atoms with E-state index in [4.69, 9.17) is 0 Å². The van der Waals surface area contributed by atoms with Gasteiger partial charge in [0.1, 0.15) is 0 Å². The van der Waals surface area contributed by atoms with Gasteiger partial charge in [0.25, 0.3) is 0 Å². The lowest BCUT2D eigenvalue weighted by atomic mass is 10.1. The van der Waals surface area contributed by atoms with Crippen LogP contribution in [0.3, 0.4) is 0 Å². The van der Waals surface area contributed by atoms with Gasteiger partial charge in [0, 0.05) is 8.95 Å². The molecule has 2 aromatic rings. The first-order chi connectivity index (χ1) is 8.54. The van der Waals surface area contributed by atoms with Gasteiger partial charge in [-0.3, -0.25) is 0 Å². The first kappa shape index (κ1) is 13.6. The second kappa shape index (κ2) is 5.85. The highest BCUT2D eigenvalue weighted by atomic mass is 79.9. The highest BCUT2D eigenvalue weighted by Crippen LogP contribution is 2.20. The first-order valence-electron chi connectivity index (χ1n) is 5.76. The Labute approximate surface area is 125 Å². The smallest absolute Gasteiger partial charge is 0.0183 e. The number of aryl methyl sites for hydroxylation is 2. The van der Waals surface area contributed by atoms with Crippen LogP contribution in [0.2, 0.25) is 0 Å². The second-order valence-corrected chi connectivity index (χ2v) is 6.23. The molecule has 2 aromatic carbocycles. The average molecular weight is 366 g/mol. The maximum absolute atomic E-state index is 3.52. The van der Waals surface area contributed by atoms with Crippen LogP contribution in [-0.2, 0) is 0 Å². The first-order valence-corrected chi connectivity index (χ1v) is 7.34. The minimum absolute atomic E-state index is 1.12. The van der Waals surface area contributed by atoms with Gasteiger partial charge in [-0.05, 0) is 60.4 Å². The van der Waals surface area contributed by atoms with Crippen LogP contribution >= 0.6 is 31.9 Å². The van der Waals surface area contributed by atoms with Crippen molar-refractivity contribution in [3.05, 3.63) is 67.6 Å². The summed E-state index contributed by atoms with van der Waals surface area (Å²) in [7, 11) is 0. The molecular formula is C16H14Br2. The average Bonchev–Trinajstić information content (AvgIpc) is 2.26. The van der Waals surface area contributed by atoms with Gasteiger partial charge >= 0.3 is 0 Å². The summed E-state index contributed by atoms with van der Waals surface area (Å²) >= 11 is 7.00. The minimum atomic E-state index is 1.12. The second-order valence-electron chi connectivity index (χ2n) is 4.40. The summed E-state index contributed by atoms with van der Waals surface area (Å²) in [5, 5.41) is 0. The third kappa shape index (κ3) is 3.56. The predicted molar refractivity (Wildman–Crippen MR) is 86.7 cm³/mol. The summed E-state index contributed by atoms with van der Waals surface area (Å²) < 4.78 is 2.24. The molecule has 18 heavy (non-hydrogen) atoms. The number of rotatable bonds is 2. The van der Waals surface area contributed by atoms with Crippen LogP contribution in [0.25, 0.3) is 12.2 Å². The van der Waals surface area contributed by atoms with E-state index >= 15 is 0 Å². The van der Waals surface area contributed by atoms with E-state index in [-0.39, 0.29) is 0 Å². The van der Waals surface area contributed by atoms with E-state index in [0.717, 1.165) is 8.95 Å². The fourth-order valence-corrected chi connectivity index (χ4v) is 2.97. The van der Waals surface area contributed by atoms with E-state index in [0.29, 0.717) is 0 Å². The number of hydrogen-bond donors (Lipinski definition) is 0. The van der Waals surface area contributed by atoms with Gasteiger partial charge in [-0.2, -0.15) is 0 Å². The summed E-state index contributed by atoms with van der Waals surface area (Å²) in [4.78, 5) is 0. The predicted octanol–water partition coefficient (Wildman–Crippen LogP) is 6.00. The van der Waals surface area contributed by atoms with Gasteiger partial charge < -0.3 is 0 Å². The highest BCUT2D eigenvalue weighted by molar-refractivity contribution is 9.10. The summed E-state index contributed by atoms with van der Waals surface area (Å²) in [6.45, 7) is 4.23. The van der Waals surface area contributed by atoms with E-state index in [9.17, 15) is 0 Å². The Morgan fingerprint density at radius 2 is 1.61 bits per heavy atom. The maximum Gasteiger partial charge on any atom is 0.0183 e. The molecular weight excluding hydrogens is 352 g/mol. The summed E-state index contributed by atoms with van der Waals surface area (Å²) in [6, 6.07) is 12.7. The molecule has 0 aliphatic heterocycles. The van der Waals surface area contributed by atoms with Crippen LogP contribution < -0.4 is 0 Å². The maximum atomic E-state index is 3.52. The summed E-state index contributed by atoms with van der Waals surface area (Å²) in [5.41, 5.74) is 4.99. The zero-order valence-corrected chi connectivity index (χ0v) is 13.5. The fraction of sp³-hybridized carbons (Fsp3) is 0.125. The molecule has 2 heteroatoms. The Balaban J connectivity index is 2.29. The lowest BCUT2D eigenvalue weighted by Gasteiger charge is -2.02. The number of benzene rings is 2. The summed E-state index contributed by atoms with van der Waals surface area (Å²) in [6.07, 6.45) is 4.30.